The fourth-order valence-corrected chi connectivity index (χ4v) is 3.81. The number of rotatable bonds is 2. The maximum Gasteiger partial charge on any atom is 0.177 e. The lowest BCUT2D eigenvalue weighted by atomic mass is 10.1. The highest BCUT2D eigenvalue weighted by Crippen LogP contribution is 2.28. The molecule has 1 aromatic heterocycles. The fraction of sp³-hybridized carbons (Fsp3) is 0.600. The summed E-state index contributed by atoms with van der Waals surface area (Å²) in [6, 6.07) is 1.70. The first-order chi connectivity index (χ1) is 7.39. The molecule has 6 heteroatoms. The highest BCUT2D eigenvalue weighted by Gasteiger charge is 2.31. The zero-order valence-corrected chi connectivity index (χ0v) is 10.1. The van der Waals surface area contributed by atoms with E-state index in [4.69, 9.17) is 0 Å². The topological polar surface area (TPSA) is 69.0 Å². The molecule has 2 rings (SSSR count). The third-order valence-electron chi connectivity index (χ3n) is 2.91. The average molecular weight is 242 g/mol. The van der Waals surface area contributed by atoms with Gasteiger partial charge in [0.2, 0.25) is 0 Å². The minimum absolute atomic E-state index is 0.0516. The summed E-state index contributed by atoms with van der Waals surface area (Å²) in [5.41, 5.74) is 1.24. The summed E-state index contributed by atoms with van der Waals surface area (Å²) in [6.07, 6.45) is 0.608. The zero-order chi connectivity index (χ0) is 11.9. The number of sulfone groups is 1. The maximum absolute atomic E-state index is 11.3. The van der Waals surface area contributed by atoms with Crippen LogP contribution >= 0.6 is 0 Å². The van der Waals surface area contributed by atoms with Crippen molar-refractivity contribution in [1.29, 1.82) is 0 Å². The van der Waals surface area contributed by atoms with Gasteiger partial charge in [-0.1, -0.05) is 0 Å². The van der Waals surface area contributed by atoms with Crippen molar-refractivity contribution in [3.63, 3.8) is 0 Å². The van der Waals surface area contributed by atoms with Crippen LogP contribution in [0.5, 0.6) is 0 Å². The molecule has 88 valence electrons. The van der Waals surface area contributed by atoms with Gasteiger partial charge in [-0.2, -0.15) is 5.10 Å². The van der Waals surface area contributed by atoms with E-state index >= 15 is 0 Å². The summed E-state index contributed by atoms with van der Waals surface area (Å²) in [5.74, 6) is 0.275. The molecule has 1 unspecified atom stereocenters. The van der Waals surface area contributed by atoms with Gasteiger partial charge >= 0.3 is 0 Å². The van der Waals surface area contributed by atoms with E-state index in [1.54, 1.807) is 13.1 Å². The highest BCUT2D eigenvalue weighted by molar-refractivity contribution is 7.91. The molecule has 1 aliphatic rings. The van der Waals surface area contributed by atoms with Crippen molar-refractivity contribution < 1.29 is 13.2 Å². The average Bonchev–Trinajstić information content (AvgIpc) is 2.69. The Morgan fingerprint density at radius 1 is 1.56 bits per heavy atom. The molecule has 16 heavy (non-hydrogen) atoms. The lowest BCUT2D eigenvalue weighted by molar-refractivity contribution is 0.100. The van der Waals surface area contributed by atoms with Crippen LogP contribution in [0.25, 0.3) is 0 Å². The molecule has 2 heterocycles. The molecule has 0 aliphatic carbocycles. The number of hydrogen-bond donors (Lipinski definition) is 0. The van der Waals surface area contributed by atoms with Crippen LogP contribution in [0, 0.1) is 0 Å². The molecule has 1 saturated heterocycles. The van der Waals surface area contributed by atoms with Crippen LogP contribution in [0.2, 0.25) is 0 Å². The molecule has 0 saturated carbocycles. The summed E-state index contributed by atoms with van der Waals surface area (Å²) in [7, 11) is -1.20. The molecule has 0 amide bonds. The Bertz CT molecular complexity index is 530. The number of aromatic nitrogens is 2. The van der Waals surface area contributed by atoms with Crippen molar-refractivity contribution in [3.05, 3.63) is 17.5 Å². The Morgan fingerprint density at radius 2 is 2.25 bits per heavy atom. The van der Waals surface area contributed by atoms with Crippen molar-refractivity contribution in [2.24, 2.45) is 7.05 Å². The number of ketones is 1. The van der Waals surface area contributed by atoms with E-state index in [-0.39, 0.29) is 23.2 Å². The quantitative estimate of drug-likeness (QED) is 0.709. The Hall–Kier alpha value is -1.17. The van der Waals surface area contributed by atoms with Gasteiger partial charge in [-0.3, -0.25) is 9.48 Å². The second-order valence-electron chi connectivity index (χ2n) is 4.23. The Morgan fingerprint density at radius 3 is 2.69 bits per heavy atom. The Kier molecular flexibility index (Phi) is 2.61. The monoisotopic (exact) mass is 242 g/mol. The fourth-order valence-electron chi connectivity index (χ4n) is 2.05. The maximum atomic E-state index is 11.3. The predicted molar refractivity (Wildman–Crippen MR) is 59.2 cm³/mol. The molecule has 5 nitrogen and oxygen atoms in total. The first-order valence-corrected chi connectivity index (χ1v) is 6.96. The summed E-state index contributed by atoms with van der Waals surface area (Å²) < 4.78 is 24.2. The van der Waals surface area contributed by atoms with Crippen LogP contribution in [0.3, 0.4) is 0 Å². The van der Waals surface area contributed by atoms with Crippen LogP contribution < -0.4 is 0 Å². The second kappa shape index (κ2) is 3.69. The largest absolute Gasteiger partial charge is 0.293 e. The standard InChI is InChI=1S/C10H14N2O3S/c1-7(13)10-5-9(11-12(10)2)8-3-4-16(14,15)6-8/h5,8H,3-4,6H2,1-2H3. The van der Waals surface area contributed by atoms with Crippen LogP contribution in [-0.4, -0.2) is 35.5 Å². The van der Waals surface area contributed by atoms with E-state index in [2.05, 4.69) is 5.10 Å². The molecular weight excluding hydrogens is 228 g/mol. The van der Waals surface area contributed by atoms with Crippen LogP contribution in [0.1, 0.15) is 35.4 Å². The van der Waals surface area contributed by atoms with Gasteiger partial charge in [-0.15, -0.1) is 0 Å². The van der Waals surface area contributed by atoms with E-state index in [0.717, 1.165) is 0 Å². The van der Waals surface area contributed by atoms with Crippen molar-refractivity contribution >= 4 is 15.6 Å². The molecule has 0 spiro atoms. The van der Waals surface area contributed by atoms with E-state index in [9.17, 15) is 13.2 Å². The molecular formula is C10H14N2O3S. The van der Waals surface area contributed by atoms with E-state index in [0.29, 0.717) is 17.8 Å². The normalized spacial score (nSPS) is 23.5. The smallest absolute Gasteiger partial charge is 0.177 e. The minimum atomic E-state index is -2.90. The molecule has 0 aromatic carbocycles. The predicted octanol–water partition coefficient (Wildman–Crippen LogP) is 0.525. The van der Waals surface area contributed by atoms with Gasteiger partial charge in [0, 0.05) is 19.9 Å². The van der Waals surface area contributed by atoms with Gasteiger partial charge in [0.05, 0.1) is 17.2 Å². The van der Waals surface area contributed by atoms with Crippen LogP contribution in [0.4, 0.5) is 0 Å². The third-order valence-corrected chi connectivity index (χ3v) is 4.68. The van der Waals surface area contributed by atoms with Gasteiger partial charge in [0.25, 0.3) is 0 Å². The highest BCUT2D eigenvalue weighted by atomic mass is 32.2. The number of nitrogens with zero attached hydrogens (tertiary/aromatic N) is 2. The Balaban J connectivity index is 2.30. The van der Waals surface area contributed by atoms with Crippen molar-refractivity contribution in [2.75, 3.05) is 11.5 Å². The van der Waals surface area contributed by atoms with Gasteiger partial charge in [-0.05, 0) is 12.5 Å². The third kappa shape index (κ3) is 2.02. The number of carbonyl (C=O) groups excluding carboxylic acids is 1. The summed E-state index contributed by atoms with van der Waals surface area (Å²) >= 11 is 0. The van der Waals surface area contributed by atoms with Crippen LogP contribution in [0.15, 0.2) is 6.07 Å². The first-order valence-electron chi connectivity index (χ1n) is 5.14. The Labute approximate surface area is 94.4 Å². The van der Waals surface area contributed by atoms with Gasteiger partial charge in [0.15, 0.2) is 15.6 Å². The number of hydrogen-bond acceptors (Lipinski definition) is 4. The molecule has 0 bridgehead atoms. The van der Waals surface area contributed by atoms with E-state index in [1.165, 1.54) is 11.6 Å². The van der Waals surface area contributed by atoms with E-state index < -0.39 is 9.84 Å². The van der Waals surface area contributed by atoms with Crippen LogP contribution in [-0.2, 0) is 16.9 Å². The summed E-state index contributed by atoms with van der Waals surface area (Å²) in [5, 5.41) is 4.21. The second-order valence-corrected chi connectivity index (χ2v) is 6.46. The van der Waals surface area contributed by atoms with Crippen molar-refractivity contribution in [3.8, 4) is 0 Å². The van der Waals surface area contributed by atoms with Gasteiger partial charge in [0.1, 0.15) is 5.69 Å². The number of Topliss-reactive ketones (excluding diaryl/α,β-unsaturated/α-hetero) is 1. The van der Waals surface area contributed by atoms with Gasteiger partial charge in [-0.25, -0.2) is 8.42 Å². The molecule has 1 atom stereocenters. The zero-order valence-electron chi connectivity index (χ0n) is 9.30. The number of carbonyl (C=O) groups is 1. The summed E-state index contributed by atoms with van der Waals surface area (Å²) in [4.78, 5) is 11.2. The van der Waals surface area contributed by atoms with E-state index in [1.807, 2.05) is 0 Å². The molecule has 1 aromatic rings. The molecule has 1 fully saturated rings. The molecule has 0 radical (unpaired) electrons. The first kappa shape index (κ1) is 11.3. The summed E-state index contributed by atoms with van der Waals surface area (Å²) in [6.45, 7) is 1.48. The van der Waals surface area contributed by atoms with Crippen molar-refractivity contribution in [1.82, 2.24) is 9.78 Å². The number of aryl methyl sites for hydroxylation is 1. The minimum Gasteiger partial charge on any atom is -0.293 e. The van der Waals surface area contributed by atoms with Gasteiger partial charge < -0.3 is 0 Å². The lowest BCUT2D eigenvalue weighted by Crippen LogP contribution is -2.05. The lowest BCUT2D eigenvalue weighted by Gasteiger charge is -2.01. The molecule has 0 N–H and O–H groups in total. The molecule has 1 aliphatic heterocycles. The van der Waals surface area contributed by atoms with Crippen molar-refractivity contribution in [2.45, 2.75) is 19.3 Å². The SMILES string of the molecule is CC(=O)c1cc(C2CCS(=O)(=O)C2)nn1C.